The van der Waals surface area contributed by atoms with E-state index in [1.807, 2.05) is 23.7 Å². The van der Waals surface area contributed by atoms with Crippen LogP contribution in [0.5, 0.6) is 0 Å². The third kappa shape index (κ3) is 2.67. The Morgan fingerprint density at radius 2 is 2.10 bits per heavy atom. The molecule has 6 heteroatoms. The Hall–Kier alpha value is -0.430. The summed E-state index contributed by atoms with van der Waals surface area (Å²) in [5, 5.41) is 5.05. The Morgan fingerprint density at radius 1 is 1.33 bits per heavy atom. The van der Waals surface area contributed by atoms with E-state index in [0.29, 0.717) is 23.9 Å². The third-order valence-electron chi connectivity index (χ3n) is 4.85. The molecule has 2 aliphatic rings. The van der Waals surface area contributed by atoms with Gasteiger partial charge in [-0.25, -0.2) is 8.42 Å². The van der Waals surface area contributed by atoms with Crippen LogP contribution in [0, 0.1) is 12.8 Å². The van der Waals surface area contributed by atoms with Crippen molar-refractivity contribution in [2.75, 3.05) is 13.6 Å². The van der Waals surface area contributed by atoms with Crippen molar-refractivity contribution in [3.8, 4) is 0 Å². The van der Waals surface area contributed by atoms with E-state index in [-0.39, 0.29) is 6.04 Å². The van der Waals surface area contributed by atoms with Crippen molar-refractivity contribution in [3.05, 3.63) is 15.8 Å². The minimum Gasteiger partial charge on any atom is -0.315 e. The molecule has 1 saturated heterocycles. The van der Waals surface area contributed by atoms with E-state index in [0.717, 1.165) is 23.3 Å². The maximum atomic E-state index is 13.2. The monoisotopic (exact) mass is 328 g/mol. The average molecular weight is 329 g/mol. The summed E-state index contributed by atoms with van der Waals surface area (Å²) in [6, 6.07) is 0.241. The number of hydrogen-bond acceptors (Lipinski definition) is 4. The molecule has 1 aliphatic heterocycles. The molecular weight excluding hydrogens is 304 g/mol. The highest BCUT2D eigenvalue weighted by atomic mass is 32.2. The molecule has 1 aliphatic carbocycles. The van der Waals surface area contributed by atoms with Crippen LogP contribution in [0.2, 0.25) is 0 Å². The molecule has 21 heavy (non-hydrogen) atoms. The van der Waals surface area contributed by atoms with Crippen molar-refractivity contribution in [3.63, 3.8) is 0 Å². The number of nitrogens with zero attached hydrogens (tertiary/aromatic N) is 1. The summed E-state index contributed by atoms with van der Waals surface area (Å²) < 4.78 is 28.2. The van der Waals surface area contributed by atoms with Crippen molar-refractivity contribution in [2.24, 2.45) is 5.92 Å². The molecule has 1 aromatic heterocycles. The second-order valence-corrected chi connectivity index (χ2v) is 9.01. The highest BCUT2D eigenvalue weighted by molar-refractivity contribution is 7.89. The van der Waals surface area contributed by atoms with Gasteiger partial charge in [-0.15, -0.1) is 11.3 Å². The Bertz CT molecular complexity index is 609. The summed E-state index contributed by atoms with van der Waals surface area (Å²) in [7, 11) is -1.49. The Kier molecular flexibility index (Phi) is 4.41. The van der Waals surface area contributed by atoms with Gasteiger partial charge in [-0.3, -0.25) is 0 Å². The molecule has 2 atom stereocenters. The molecule has 0 radical (unpaired) electrons. The molecule has 1 saturated carbocycles. The molecule has 1 N–H and O–H groups in total. The Morgan fingerprint density at radius 3 is 2.86 bits per heavy atom. The van der Waals surface area contributed by atoms with Crippen LogP contribution in [0.25, 0.3) is 0 Å². The lowest BCUT2D eigenvalue weighted by molar-refractivity contribution is 0.260. The van der Waals surface area contributed by atoms with Gasteiger partial charge in [0, 0.05) is 24.0 Å². The first-order valence-corrected chi connectivity index (χ1v) is 10.1. The summed E-state index contributed by atoms with van der Waals surface area (Å²) in [5.74, 6) is 0.584. The normalized spacial score (nSPS) is 27.0. The first-order valence-electron chi connectivity index (χ1n) is 7.79. The Labute approximate surface area is 131 Å². The molecule has 3 rings (SSSR count). The first kappa shape index (κ1) is 15.5. The van der Waals surface area contributed by atoms with Crippen molar-refractivity contribution in [1.29, 1.82) is 0 Å². The van der Waals surface area contributed by atoms with Gasteiger partial charge in [0.25, 0.3) is 0 Å². The van der Waals surface area contributed by atoms with E-state index in [1.165, 1.54) is 19.3 Å². The fraction of sp³-hybridized carbons (Fsp3) is 0.733. The van der Waals surface area contributed by atoms with Crippen molar-refractivity contribution >= 4 is 21.4 Å². The van der Waals surface area contributed by atoms with Crippen LogP contribution in [0.15, 0.2) is 10.3 Å². The number of thiophene rings is 1. The van der Waals surface area contributed by atoms with Gasteiger partial charge in [-0.2, -0.15) is 4.31 Å². The summed E-state index contributed by atoms with van der Waals surface area (Å²) in [6.45, 7) is 3.23. The molecule has 0 spiro atoms. The summed E-state index contributed by atoms with van der Waals surface area (Å²) >= 11 is 1.55. The largest absolute Gasteiger partial charge is 0.315 e. The van der Waals surface area contributed by atoms with E-state index in [4.69, 9.17) is 0 Å². The molecule has 0 amide bonds. The van der Waals surface area contributed by atoms with E-state index in [9.17, 15) is 8.42 Å². The van der Waals surface area contributed by atoms with Crippen LogP contribution >= 0.6 is 11.3 Å². The molecule has 2 unspecified atom stereocenters. The molecule has 0 aromatic carbocycles. The summed E-state index contributed by atoms with van der Waals surface area (Å²) in [5.41, 5.74) is 0.893. The standard InChI is InChI=1S/C15H24N2O2S2/c1-11-10-20-14(9-16-2)15(11)21(18,19)17-8-7-12-5-3-4-6-13(12)17/h10,12-13,16H,3-9H2,1-2H3. The van der Waals surface area contributed by atoms with Crippen molar-refractivity contribution in [2.45, 2.75) is 56.5 Å². The van der Waals surface area contributed by atoms with Crippen LogP contribution in [0.4, 0.5) is 0 Å². The molecule has 1 aromatic rings. The van der Waals surface area contributed by atoms with E-state index >= 15 is 0 Å². The zero-order chi connectivity index (χ0) is 15.0. The first-order chi connectivity index (χ1) is 10.1. The van der Waals surface area contributed by atoms with E-state index < -0.39 is 10.0 Å². The number of aryl methyl sites for hydroxylation is 1. The van der Waals surface area contributed by atoms with Gasteiger partial charge in [-0.05, 0) is 50.1 Å². The van der Waals surface area contributed by atoms with Gasteiger partial charge in [0.1, 0.15) is 4.90 Å². The van der Waals surface area contributed by atoms with Gasteiger partial charge in [0.05, 0.1) is 0 Å². The fourth-order valence-corrected chi connectivity index (χ4v) is 7.40. The summed E-state index contributed by atoms with van der Waals surface area (Å²) in [6.07, 6.45) is 5.70. The topological polar surface area (TPSA) is 49.4 Å². The number of nitrogens with one attached hydrogen (secondary N) is 1. The molecular formula is C15H24N2O2S2. The van der Waals surface area contributed by atoms with Gasteiger partial charge >= 0.3 is 0 Å². The van der Waals surface area contributed by atoms with Crippen LogP contribution in [0.3, 0.4) is 0 Å². The Balaban J connectivity index is 1.95. The maximum Gasteiger partial charge on any atom is 0.244 e. The highest BCUT2D eigenvalue weighted by Gasteiger charge is 2.43. The predicted molar refractivity (Wildman–Crippen MR) is 86.1 cm³/mol. The minimum atomic E-state index is -3.35. The van der Waals surface area contributed by atoms with Crippen LogP contribution in [-0.4, -0.2) is 32.4 Å². The second kappa shape index (κ2) is 5.99. The number of fused-ring (bicyclic) bond motifs is 1. The zero-order valence-corrected chi connectivity index (χ0v) is 14.4. The van der Waals surface area contributed by atoms with Gasteiger partial charge in [-0.1, -0.05) is 12.8 Å². The second-order valence-electron chi connectivity index (χ2n) is 6.22. The number of sulfonamides is 1. The number of hydrogen-bond donors (Lipinski definition) is 1. The molecule has 2 fully saturated rings. The molecule has 4 nitrogen and oxygen atoms in total. The predicted octanol–water partition coefficient (Wildman–Crippen LogP) is 2.73. The molecule has 0 bridgehead atoms. The van der Waals surface area contributed by atoms with Gasteiger partial charge in [0.15, 0.2) is 0 Å². The average Bonchev–Trinajstić information content (AvgIpc) is 3.03. The fourth-order valence-electron chi connectivity index (χ4n) is 3.89. The highest BCUT2D eigenvalue weighted by Crippen LogP contribution is 2.40. The minimum absolute atomic E-state index is 0.241. The smallest absolute Gasteiger partial charge is 0.244 e. The van der Waals surface area contributed by atoms with Crippen molar-refractivity contribution in [1.82, 2.24) is 9.62 Å². The lowest BCUT2D eigenvalue weighted by Crippen LogP contribution is -2.39. The molecule has 118 valence electrons. The van der Waals surface area contributed by atoms with Gasteiger partial charge in [0.2, 0.25) is 10.0 Å². The van der Waals surface area contributed by atoms with Crippen LogP contribution in [0.1, 0.15) is 42.5 Å². The number of rotatable bonds is 4. The van der Waals surface area contributed by atoms with Crippen molar-refractivity contribution < 1.29 is 8.42 Å². The van der Waals surface area contributed by atoms with Crippen LogP contribution < -0.4 is 5.32 Å². The quantitative estimate of drug-likeness (QED) is 0.924. The van der Waals surface area contributed by atoms with Crippen LogP contribution in [-0.2, 0) is 16.6 Å². The van der Waals surface area contributed by atoms with E-state index in [2.05, 4.69) is 5.32 Å². The lowest BCUT2D eigenvalue weighted by atomic mass is 9.86. The lowest BCUT2D eigenvalue weighted by Gasteiger charge is -2.31. The molecule has 2 heterocycles. The van der Waals surface area contributed by atoms with Gasteiger partial charge < -0.3 is 5.32 Å². The summed E-state index contributed by atoms with van der Waals surface area (Å²) in [4.78, 5) is 1.50. The zero-order valence-electron chi connectivity index (χ0n) is 12.8. The SMILES string of the molecule is CNCc1scc(C)c1S(=O)(=O)N1CCC2CCCCC21. The maximum absolute atomic E-state index is 13.2. The van der Waals surface area contributed by atoms with E-state index in [1.54, 1.807) is 11.3 Å². The third-order valence-corrected chi connectivity index (χ3v) is 8.24.